The summed E-state index contributed by atoms with van der Waals surface area (Å²) in [6.07, 6.45) is 6.64. The molecule has 1 aromatic carbocycles. The van der Waals surface area contributed by atoms with E-state index >= 15 is 0 Å². The van der Waals surface area contributed by atoms with Crippen molar-refractivity contribution < 1.29 is 22.7 Å². The van der Waals surface area contributed by atoms with E-state index in [1.54, 1.807) is 19.2 Å². The molecule has 2 aliphatic rings. The highest BCUT2D eigenvalue weighted by Gasteiger charge is 2.33. The molecule has 27 heavy (non-hydrogen) atoms. The van der Waals surface area contributed by atoms with Crippen LogP contribution in [0, 0.1) is 0 Å². The molecule has 1 atom stereocenters. The Balaban J connectivity index is 1.50. The zero-order valence-corrected chi connectivity index (χ0v) is 16.5. The van der Waals surface area contributed by atoms with Crippen molar-refractivity contribution in [2.75, 3.05) is 25.2 Å². The van der Waals surface area contributed by atoms with Gasteiger partial charge in [0.25, 0.3) is 5.91 Å². The van der Waals surface area contributed by atoms with Crippen molar-refractivity contribution in [3.05, 3.63) is 35.4 Å². The molecule has 0 spiro atoms. The average molecular weight is 394 g/mol. The van der Waals surface area contributed by atoms with Crippen LogP contribution in [0.4, 0.5) is 0 Å². The number of carbonyl (C=O) groups excluding carboxylic acids is 2. The summed E-state index contributed by atoms with van der Waals surface area (Å²) in [6, 6.07) is 7.12. The minimum absolute atomic E-state index is 0.0220. The number of hydrogen-bond acceptors (Lipinski definition) is 5. The number of carbonyl (C=O) groups is 2. The molecule has 1 amide bonds. The fraction of sp³-hybridized carbons (Fsp3) is 0.600. The van der Waals surface area contributed by atoms with E-state index in [0.717, 1.165) is 0 Å². The first-order valence-corrected chi connectivity index (χ1v) is 11.4. The van der Waals surface area contributed by atoms with Crippen LogP contribution < -0.4 is 0 Å². The predicted octanol–water partition coefficient (Wildman–Crippen LogP) is 2.54. The summed E-state index contributed by atoms with van der Waals surface area (Å²) in [7, 11) is -1.51. The number of likely N-dealkylation sites (N-methyl/N-ethyl adjacent to an activating group) is 1. The average Bonchev–Trinajstić information content (AvgIpc) is 3.05. The van der Waals surface area contributed by atoms with Gasteiger partial charge in [-0.05, 0) is 42.9 Å². The quantitative estimate of drug-likeness (QED) is 0.718. The third-order valence-electron chi connectivity index (χ3n) is 5.70. The standard InChI is InChI=1S/C20H27NO5S/c1-21(18-11-12-27(24,25)14-18)19(22)13-26-20(23)17-9-7-16(8-10-17)15-5-3-2-4-6-15/h7-10,15,18H,2-6,11-14H2,1H3/t18-/m1/s1. The Morgan fingerprint density at radius 1 is 1.07 bits per heavy atom. The van der Waals surface area contributed by atoms with Crippen LogP contribution in [0.5, 0.6) is 0 Å². The topological polar surface area (TPSA) is 80.8 Å². The number of ether oxygens (including phenoxy) is 1. The summed E-state index contributed by atoms with van der Waals surface area (Å²) in [4.78, 5) is 25.8. The van der Waals surface area contributed by atoms with Crippen LogP contribution in [0.15, 0.2) is 24.3 Å². The number of nitrogens with zero attached hydrogens (tertiary/aromatic N) is 1. The van der Waals surface area contributed by atoms with Gasteiger partial charge in [-0.3, -0.25) is 4.79 Å². The summed E-state index contributed by atoms with van der Waals surface area (Å²) in [6.45, 7) is -0.379. The van der Waals surface area contributed by atoms with Crippen molar-refractivity contribution in [2.45, 2.75) is 50.5 Å². The zero-order chi connectivity index (χ0) is 19.4. The molecule has 1 aliphatic carbocycles. The fourth-order valence-corrected chi connectivity index (χ4v) is 5.70. The maximum absolute atomic E-state index is 12.2. The Hall–Kier alpha value is -1.89. The van der Waals surface area contributed by atoms with Crippen LogP contribution in [0.1, 0.15) is 60.4 Å². The van der Waals surface area contributed by atoms with E-state index in [1.807, 2.05) is 12.1 Å². The Labute approximate surface area is 160 Å². The number of rotatable bonds is 5. The number of esters is 1. The number of benzene rings is 1. The molecule has 0 radical (unpaired) electrons. The second-order valence-electron chi connectivity index (χ2n) is 7.59. The van der Waals surface area contributed by atoms with Crippen LogP contribution in [-0.4, -0.2) is 56.4 Å². The smallest absolute Gasteiger partial charge is 0.338 e. The first-order chi connectivity index (χ1) is 12.9. The van der Waals surface area contributed by atoms with Gasteiger partial charge in [-0.25, -0.2) is 13.2 Å². The first-order valence-electron chi connectivity index (χ1n) is 9.59. The van der Waals surface area contributed by atoms with E-state index in [-0.39, 0.29) is 30.1 Å². The van der Waals surface area contributed by atoms with Gasteiger partial charge in [-0.2, -0.15) is 0 Å². The van der Waals surface area contributed by atoms with Gasteiger partial charge < -0.3 is 9.64 Å². The summed E-state index contributed by atoms with van der Waals surface area (Å²) in [5.41, 5.74) is 1.68. The largest absolute Gasteiger partial charge is 0.452 e. The van der Waals surface area contributed by atoms with Crippen molar-refractivity contribution in [1.82, 2.24) is 4.90 Å². The molecule has 6 nitrogen and oxygen atoms in total. The molecule has 2 fully saturated rings. The van der Waals surface area contributed by atoms with Crippen LogP contribution in [0.3, 0.4) is 0 Å². The number of sulfone groups is 1. The lowest BCUT2D eigenvalue weighted by Crippen LogP contribution is -2.40. The Morgan fingerprint density at radius 3 is 2.33 bits per heavy atom. The molecule has 0 bridgehead atoms. The van der Waals surface area contributed by atoms with Crippen molar-refractivity contribution in [2.24, 2.45) is 0 Å². The van der Waals surface area contributed by atoms with Gasteiger partial charge in [-0.15, -0.1) is 0 Å². The van der Waals surface area contributed by atoms with Gasteiger partial charge in [0.05, 0.1) is 17.1 Å². The van der Waals surface area contributed by atoms with E-state index in [1.165, 1.54) is 42.6 Å². The lowest BCUT2D eigenvalue weighted by atomic mass is 9.84. The number of amides is 1. The molecular formula is C20H27NO5S. The fourth-order valence-electron chi connectivity index (χ4n) is 3.92. The highest BCUT2D eigenvalue weighted by atomic mass is 32.2. The molecule has 1 aromatic rings. The Morgan fingerprint density at radius 2 is 1.74 bits per heavy atom. The zero-order valence-electron chi connectivity index (χ0n) is 15.7. The first kappa shape index (κ1) is 19.9. The molecular weight excluding hydrogens is 366 g/mol. The predicted molar refractivity (Wildman–Crippen MR) is 102 cm³/mol. The van der Waals surface area contributed by atoms with Gasteiger partial charge in [-0.1, -0.05) is 31.4 Å². The lowest BCUT2D eigenvalue weighted by molar-refractivity contribution is -0.134. The van der Waals surface area contributed by atoms with Gasteiger partial charge in [0.1, 0.15) is 0 Å². The molecule has 1 saturated heterocycles. The van der Waals surface area contributed by atoms with Crippen molar-refractivity contribution in [1.29, 1.82) is 0 Å². The second-order valence-corrected chi connectivity index (χ2v) is 9.82. The molecule has 1 heterocycles. The summed E-state index contributed by atoms with van der Waals surface area (Å²) in [5, 5.41) is 0. The molecule has 7 heteroatoms. The van der Waals surface area contributed by atoms with Gasteiger partial charge in [0, 0.05) is 13.1 Å². The van der Waals surface area contributed by atoms with Crippen molar-refractivity contribution in [3.63, 3.8) is 0 Å². The maximum atomic E-state index is 12.2. The van der Waals surface area contributed by atoms with E-state index in [4.69, 9.17) is 4.74 Å². The highest BCUT2D eigenvalue weighted by Crippen LogP contribution is 2.32. The molecule has 1 saturated carbocycles. The SMILES string of the molecule is CN(C(=O)COC(=O)c1ccc(C2CCCCC2)cc1)[C@@H]1CCS(=O)(=O)C1. The van der Waals surface area contributed by atoms with E-state index in [2.05, 4.69) is 0 Å². The Bertz CT molecular complexity index is 781. The minimum atomic E-state index is -3.06. The van der Waals surface area contributed by atoms with E-state index in [9.17, 15) is 18.0 Å². The summed E-state index contributed by atoms with van der Waals surface area (Å²) >= 11 is 0. The number of hydrogen-bond donors (Lipinski definition) is 0. The third kappa shape index (κ3) is 5.09. The van der Waals surface area contributed by atoms with Crippen LogP contribution in [0.25, 0.3) is 0 Å². The normalized spacial score (nSPS) is 22.3. The van der Waals surface area contributed by atoms with Crippen molar-refractivity contribution >= 4 is 21.7 Å². The van der Waals surface area contributed by atoms with E-state index in [0.29, 0.717) is 17.9 Å². The molecule has 0 N–H and O–H groups in total. The van der Waals surface area contributed by atoms with Gasteiger partial charge in [0.2, 0.25) is 0 Å². The molecule has 0 unspecified atom stereocenters. The molecule has 0 aromatic heterocycles. The lowest BCUT2D eigenvalue weighted by Gasteiger charge is -2.23. The summed E-state index contributed by atoms with van der Waals surface area (Å²) in [5.74, 6) is -0.272. The molecule has 3 rings (SSSR count). The maximum Gasteiger partial charge on any atom is 0.338 e. The minimum Gasteiger partial charge on any atom is -0.452 e. The van der Waals surface area contributed by atoms with Crippen LogP contribution >= 0.6 is 0 Å². The summed E-state index contributed by atoms with van der Waals surface area (Å²) < 4.78 is 28.2. The third-order valence-corrected chi connectivity index (χ3v) is 7.45. The monoisotopic (exact) mass is 393 g/mol. The molecule has 1 aliphatic heterocycles. The second kappa shape index (κ2) is 8.42. The van der Waals surface area contributed by atoms with Crippen LogP contribution in [0.2, 0.25) is 0 Å². The highest BCUT2D eigenvalue weighted by molar-refractivity contribution is 7.91. The van der Waals surface area contributed by atoms with E-state index < -0.39 is 15.8 Å². The van der Waals surface area contributed by atoms with Crippen LogP contribution in [-0.2, 0) is 19.4 Å². The van der Waals surface area contributed by atoms with Crippen molar-refractivity contribution in [3.8, 4) is 0 Å². The Kier molecular flexibility index (Phi) is 6.19. The van der Waals surface area contributed by atoms with Gasteiger partial charge >= 0.3 is 5.97 Å². The molecule has 148 valence electrons. The van der Waals surface area contributed by atoms with Gasteiger partial charge in [0.15, 0.2) is 16.4 Å².